The maximum Gasteiger partial charge on any atom is 0.0589 e. The van der Waals surface area contributed by atoms with Gasteiger partial charge in [-0.15, -0.1) is 0 Å². The first-order valence-electron chi connectivity index (χ1n) is 6.79. The molecule has 0 fully saturated rings. The molecule has 3 heteroatoms. The summed E-state index contributed by atoms with van der Waals surface area (Å²) in [5.41, 5.74) is 5.30. The number of aryl methyl sites for hydroxylation is 2. The summed E-state index contributed by atoms with van der Waals surface area (Å²) in [6, 6.07) is 13.3. The van der Waals surface area contributed by atoms with Crippen LogP contribution < -0.4 is 5.32 Å². The van der Waals surface area contributed by atoms with E-state index < -0.39 is 0 Å². The summed E-state index contributed by atoms with van der Waals surface area (Å²) >= 11 is 6.04. The molecule has 20 heavy (non-hydrogen) atoms. The van der Waals surface area contributed by atoms with Crippen molar-refractivity contribution in [3.63, 3.8) is 0 Å². The summed E-state index contributed by atoms with van der Waals surface area (Å²) in [6.07, 6.45) is 0. The standard InChI is InChI=1S/C17H19BrIN/c1-4-20-17(13-7-5-6-8-16(13)19)14-9-12(3)15(18)10-11(14)2/h5-10,17,20H,4H2,1-3H3. The molecule has 2 rings (SSSR count). The molecule has 0 aliphatic carbocycles. The minimum atomic E-state index is 0.250. The molecule has 0 saturated carbocycles. The summed E-state index contributed by atoms with van der Waals surface area (Å²) in [4.78, 5) is 0. The maximum absolute atomic E-state index is 3.62. The zero-order chi connectivity index (χ0) is 14.7. The van der Waals surface area contributed by atoms with Gasteiger partial charge in [0.15, 0.2) is 0 Å². The molecule has 1 N–H and O–H groups in total. The normalized spacial score (nSPS) is 12.4. The predicted octanol–water partition coefficient (Wildman–Crippen LogP) is 5.37. The Morgan fingerprint density at radius 1 is 1.10 bits per heavy atom. The molecule has 0 amide bonds. The van der Waals surface area contributed by atoms with Gasteiger partial charge < -0.3 is 5.32 Å². The average molecular weight is 444 g/mol. The number of halogens is 2. The van der Waals surface area contributed by atoms with Crippen molar-refractivity contribution < 1.29 is 0 Å². The van der Waals surface area contributed by atoms with Gasteiger partial charge in [-0.1, -0.05) is 47.1 Å². The Hall–Kier alpha value is -0.390. The van der Waals surface area contributed by atoms with Crippen LogP contribution in [0.3, 0.4) is 0 Å². The molecular weight excluding hydrogens is 425 g/mol. The molecule has 1 nitrogen and oxygen atoms in total. The molecule has 1 atom stereocenters. The highest BCUT2D eigenvalue weighted by Gasteiger charge is 2.18. The van der Waals surface area contributed by atoms with Crippen LogP contribution in [0.25, 0.3) is 0 Å². The second-order valence-electron chi connectivity index (χ2n) is 4.97. The van der Waals surface area contributed by atoms with E-state index in [1.54, 1.807) is 0 Å². The molecular formula is C17H19BrIN. The average Bonchev–Trinajstić information content (AvgIpc) is 2.42. The summed E-state index contributed by atoms with van der Waals surface area (Å²) in [5, 5.41) is 3.62. The van der Waals surface area contributed by atoms with Crippen LogP contribution in [0.1, 0.15) is 35.2 Å². The molecule has 1 unspecified atom stereocenters. The van der Waals surface area contributed by atoms with E-state index in [-0.39, 0.29) is 6.04 Å². The first-order chi connectivity index (χ1) is 9.54. The molecule has 0 bridgehead atoms. The number of rotatable bonds is 4. The van der Waals surface area contributed by atoms with Crippen LogP contribution in [-0.4, -0.2) is 6.54 Å². The smallest absolute Gasteiger partial charge is 0.0589 e. The SMILES string of the molecule is CCNC(c1cc(C)c(Br)cc1C)c1ccccc1I. The fourth-order valence-electron chi connectivity index (χ4n) is 2.42. The van der Waals surface area contributed by atoms with Gasteiger partial charge in [0.2, 0.25) is 0 Å². The van der Waals surface area contributed by atoms with Crippen LogP contribution in [0.2, 0.25) is 0 Å². The second kappa shape index (κ2) is 7.05. The lowest BCUT2D eigenvalue weighted by Gasteiger charge is -2.23. The Kier molecular flexibility index (Phi) is 5.64. The molecule has 0 saturated heterocycles. The van der Waals surface area contributed by atoms with Crippen LogP contribution in [0.4, 0.5) is 0 Å². The minimum absolute atomic E-state index is 0.250. The number of hydrogen-bond acceptors (Lipinski definition) is 1. The molecule has 2 aromatic carbocycles. The Morgan fingerprint density at radius 2 is 1.80 bits per heavy atom. The van der Waals surface area contributed by atoms with Gasteiger partial charge in [0, 0.05) is 8.04 Å². The highest BCUT2D eigenvalue weighted by molar-refractivity contribution is 14.1. The van der Waals surface area contributed by atoms with Crippen LogP contribution in [0.5, 0.6) is 0 Å². The molecule has 0 heterocycles. The summed E-state index contributed by atoms with van der Waals surface area (Å²) in [5.74, 6) is 0. The Labute approximate surface area is 143 Å². The van der Waals surface area contributed by atoms with Crippen molar-refractivity contribution in [3.05, 3.63) is 66.7 Å². The van der Waals surface area contributed by atoms with Gasteiger partial charge in [-0.3, -0.25) is 0 Å². The van der Waals surface area contributed by atoms with Gasteiger partial charge in [0.05, 0.1) is 6.04 Å². The quantitative estimate of drug-likeness (QED) is 0.626. The lowest BCUT2D eigenvalue weighted by Crippen LogP contribution is -2.23. The lowest BCUT2D eigenvalue weighted by atomic mass is 9.93. The second-order valence-corrected chi connectivity index (χ2v) is 6.99. The van der Waals surface area contributed by atoms with E-state index in [1.165, 1.54) is 30.3 Å². The summed E-state index contributed by atoms with van der Waals surface area (Å²) < 4.78 is 2.48. The van der Waals surface area contributed by atoms with Crippen LogP contribution in [0.15, 0.2) is 40.9 Å². The molecule has 0 radical (unpaired) electrons. The summed E-state index contributed by atoms with van der Waals surface area (Å²) in [7, 11) is 0. The third-order valence-electron chi connectivity index (χ3n) is 3.48. The Morgan fingerprint density at radius 3 is 2.45 bits per heavy atom. The van der Waals surface area contributed by atoms with Crippen molar-refractivity contribution in [2.45, 2.75) is 26.8 Å². The van der Waals surface area contributed by atoms with E-state index in [2.05, 4.69) is 101 Å². The summed E-state index contributed by atoms with van der Waals surface area (Å²) in [6.45, 7) is 7.43. The van der Waals surface area contributed by atoms with Crippen LogP contribution in [-0.2, 0) is 0 Å². The largest absolute Gasteiger partial charge is 0.306 e. The highest BCUT2D eigenvalue weighted by atomic mass is 127. The third-order valence-corrected chi connectivity index (χ3v) is 5.32. The van der Waals surface area contributed by atoms with Crippen molar-refractivity contribution in [1.82, 2.24) is 5.32 Å². The number of hydrogen-bond donors (Lipinski definition) is 1. The molecule has 0 aliphatic rings. The van der Waals surface area contributed by atoms with E-state index in [0.29, 0.717) is 0 Å². The lowest BCUT2D eigenvalue weighted by molar-refractivity contribution is 0.625. The van der Waals surface area contributed by atoms with Crippen LogP contribution in [0, 0.1) is 17.4 Å². The fraction of sp³-hybridized carbons (Fsp3) is 0.294. The van der Waals surface area contributed by atoms with Crippen molar-refractivity contribution >= 4 is 38.5 Å². The maximum atomic E-state index is 3.62. The topological polar surface area (TPSA) is 12.0 Å². The first-order valence-corrected chi connectivity index (χ1v) is 8.66. The van der Waals surface area contributed by atoms with Gasteiger partial charge >= 0.3 is 0 Å². The highest BCUT2D eigenvalue weighted by Crippen LogP contribution is 2.31. The van der Waals surface area contributed by atoms with Gasteiger partial charge in [0.1, 0.15) is 0 Å². The monoisotopic (exact) mass is 443 g/mol. The number of benzene rings is 2. The molecule has 106 valence electrons. The zero-order valence-corrected chi connectivity index (χ0v) is 15.7. The van der Waals surface area contributed by atoms with Gasteiger partial charge in [-0.2, -0.15) is 0 Å². The van der Waals surface area contributed by atoms with E-state index in [0.717, 1.165) is 6.54 Å². The van der Waals surface area contributed by atoms with Crippen molar-refractivity contribution in [2.75, 3.05) is 6.54 Å². The molecule has 2 aromatic rings. The molecule has 0 aromatic heterocycles. The zero-order valence-electron chi connectivity index (χ0n) is 12.0. The van der Waals surface area contributed by atoms with E-state index in [1.807, 2.05) is 0 Å². The van der Waals surface area contributed by atoms with Gasteiger partial charge in [-0.05, 0) is 77.4 Å². The third kappa shape index (κ3) is 3.43. The van der Waals surface area contributed by atoms with Gasteiger partial charge in [-0.25, -0.2) is 0 Å². The molecule has 0 aliphatic heterocycles. The van der Waals surface area contributed by atoms with Crippen molar-refractivity contribution in [3.8, 4) is 0 Å². The fourth-order valence-corrected chi connectivity index (χ4v) is 3.57. The van der Waals surface area contributed by atoms with Gasteiger partial charge in [0.25, 0.3) is 0 Å². The molecule has 0 spiro atoms. The number of nitrogens with one attached hydrogen (secondary N) is 1. The first kappa shape index (κ1) is 16.0. The Balaban J connectivity index is 2.54. The van der Waals surface area contributed by atoms with E-state index >= 15 is 0 Å². The Bertz CT molecular complexity index is 610. The van der Waals surface area contributed by atoms with E-state index in [9.17, 15) is 0 Å². The van der Waals surface area contributed by atoms with Crippen molar-refractivity contribution in [1.29, 1.82) is 0 Å². The predicted molar refractivity (Wildman–Crippen MR) is 98.3 cm³/mol. The van der Waals surface area contributed by atoms with Crippen LogP contribution >= 0.6 is 38.5 Å². The van der Waals surface area contributed by atoms with Crippen molar-refractivity contribution in [2.24, 2.45) is 0 Å². The van der Waals surface area contributed by atoms with E-state index in [4.69, 9.17) is 0 Å². The minimum Gasteiger partial charge on any atom is -0.306 e.